The number of nitrogens with zero attached hydrogens (tertiary/aromatic N) is 3. The summed E-state index contributed by atoms with van der Waals surface area (Å²) >= 11 is 0. The van der Waals surface area contributed by atoms with Gasteiger partial charge in [0.1, 0.15) is 18.4 Å². The third kappa shape index (κ3) is 5.70. The van der Waals surface area contributed by atoms with Gasteiger partial charge in [-0.3, -0.25) is 0 Å². The summed E-state index contributed by atoms with van der Waals surface area (Å²) in [5.74, 6) is 0.908. The zero-order chi connectivity index (χ0) is 19.0. The van der Waals surface area contributed by atoms with Gasteiger partial charge in [-0.15, -0.1) is 6.58 Å². The Morgan fingerprint density at radius 3 is 2.50 bits per heavy atom. The first-order valence-electron chi connectivity index (χ1n) is 9.24. The molecule has 0 spiro atoms. The van der Waals surface area contributed by atoms with Crippen molar-refractivity contribution in [1.82, 2.24) is 14.8 Å². The largest absolute Gasteiger partial charge is 0.494 e. The number of hydrogen-bond acceptors (Lipinski definition) is 4. The van der Waals surface area contributed by atoms with Crippen molar-refractivity contribution in [2.75, 3.05) is 13.2 Å². The summed E-state index contributed by atoms with van der Waals surface area (Å²) in [6.07, 6.45) is 7.00. The maximum Gasteiger partial charge on any atom is 0.137 e. The molecule has 2 aromatic rings. The lowest BCUT2D eigenvalue weighted by Crippen LogP contribution is -2.38. The summed E-state index contributed by atoms with van der Waals surface area (Å²) in [4.78, 5) is 4.13. The Morgan fingerprint density at radius 2 is 1.96 bits per heavy atom. The molecule has 0 aliphatic carbocycles. The molecule has 1 heterocycles. The van der Waals surface area contributed by atoms with Crippen molar-refractivity contribution in [3.05, 3.63) is 55.1 Å². The number of aryl methyl sites for hydroxylation is 1. The minimum atomic E-state index is -0.0293. The quantitative estimate of drug-likeness (QED) is 0.589. The average molecular weight is 357 g/mol. The third-order valence-electron chi connectivity index (χ3n) is 4.34. The highest BCUT2D eigenvalue weighted by Gasteiger charge is 2.34. The molecule has 1 aromatic heterocycles. The molecule has 26 heavy (non-hydrogen) atoms. The molecule has 0 saturated carbocycles. The maximum atomic E-state index is 6.15. The van der Waals surface area contributed by atoms with Crippen LogP contribution >= 0.6 is 0 Å². The minimum absolute atomic E-state index is 0.00454. The van der Waals surface area contributed by atoms with Crippen LogP contribution in [0.15, 0.2) is 49.6 Å². The molecular formula is C21H31N3O2. The van der Waals surface area contributed by atoms with E-state index in [0.717, 1.165) is 18.6 Å². The molecule has 5 nitrogen and oxygen atoms in total. The van der Waals surface area contributed by atoms with Crippen LogP contribution in [0, 0.1) is 5.41 Å². The first-order valence-corrected chi connectivity index (χ1v) is 9.24. The second-order valence-corrected chi connectivity index (χ2v) is 7.47. The van der Waals surface area contributed by atoms with Gasteiger partial charge >= 0.3 is 0 Å². The molecule has 1 aromatic carbocycles. The van der Waals surface area contributed by atoms with E-state index in [9.17, 15) is 0 Å². The van der Waals surface area contributed by atoms with Crippen molar-refractivity contribution in [3.8, 4) is 5.75 Å². The van der Waals surface area contributed by atoms with E-state index in [1.807, 2.05) is 23.7 Å². The molecule has 0 bridgehead atoms. The fraction of sp³-hybridized carbons (Fsp3) is 0.524. The van der Waals surface area contributed by atoms with Crippen molar-refractivity contribution < 1.29 is 9.47 Å². The summed E-state index contributed by atoms with van der Waals surface area (Å²) < 4.78 is 13.6. The van der Waals surface area contributed by atoms with Gasteiger partial charge in [-0.05, 0) is 42.9 Å². The minimum Gasteiger partial charge on any atom is -0.494 e. The van der Waals surface area contributed by atoms with Crippen LogP contribution in [0.2, 0.25) is 0 Å². The molecule has 0 amide bonds. The predicted molar refractivity (Wildman–Crippen MR) is 104 cm³/mol. The van der Waals surface area contributed by atoms with Crippen LogP contribution in [-0.2, 0) is 11.2 Å². The molecular weight excluding hydrogens is 326 g/mol. The first kappa shape index (κ1) is 20.2. The Kier molecular flexibility index (Phi) is 7.39. The molecule has 0 radical (unpaired) electrons. The van der Waals surface area contributed by atoms with Crippen LogP contribution < -0.4 is 4.74 Å². The summed E-state index contributed by atoms with van der Waals surface area (Å²) in [5, 5.41) is 4.39. The van der Waals surface area contributed by atoms with Crippen molar-refractivity contribution in [3.63, 3.8) is 0 Å². The Labute approximate surface area is 157 Å². The van der Waals surface area contributed by atoms with E-state index >= 15 is 0 Å². The number of benzene rings is 1. The molecule has 0 aliphatic heterocycles. The van der Waals surface area contributed by atoms with Gasteiger partial charge in [-0.1, -0.05) is 39.0 Å². The van der Waals surface area contributed by atoms with Crippen LogP contribution in [0.25, 0.3) is 0 Å². The standard InChI is InChI=1S/C21H31N3O2/c1-6-14-26-20(21(3,4)5)19(24-16-22-15-23-24)13-10-17-8-11-18(12-9-17)25-7-2/h6,8-9,11-12,15-16,19-20H,1,7,10,13-14H2,2-5H3. The fourth-order valence-corrected chi connectivity index (χ4v) is 3.15. The smallest absolute Gasteiger partial charge is 0.137 e. The van der Waals surface area contributed by atoms with Gasteiger partial charge in [0.05, 0.1) is 25.4 Å². The zero-order valence-corrected chi connectivity index (χ0v) is 16.4. The van der Waals surface area contributed by atoms with Gasteiger partial charge in [0, 0.05) is 0 Å². The van der Waals surface area contributed by atoms with Gasteiger partial charge in [0.25, 0.3) is 0 Å². The summed E-state index contributed by atoms with van der Waals surface area (Å²) in [6, 6.07) is 8.40. The second-order valence-electron chi connectivity index (χ2n) is 7.47. The van der Waals surface area contributed by atoms with Gasteiger partial charge in [-0.25, -0.2) is 9.67 Å². The van der Waals surface area contributed by atoms with Crippen LogP contribution in [-0.4, -0.2) is 34.1 Å². The number of hydrogen-bond donors (Lipinski definition) is 0. The number of aromatic nitrogens is 3. The van der Waals surface area contributed by atoms with Crippen molar-refractivity contribution in [1.29, 1.82) is 0 Å². The van der Waals surface area contributed by atoms with E-state index in [-0.39, 0.29) is 17.6 Å². The lowest BCUT2D eigenvalue weighted by molar-refractivity contribution is -0.0437. The molecule has 0 aliphatic rings. The topological polar surface area (TPSA) is 49.2 Å². The molecule has 5 heteroatoms. The van der Waals surface area contributed by atoms with E-state index in [4.69, 9.17) is 9.47 Å². The summed E-state index contributed by atoms with van der Waals surface area (Å²) in [6.45, 7) is 13.6. The number of rotatable bonds is 10. The van der Waals surface area contributed by atoms with Gasteiger partial charge in [0.2, 0.25) is 0 Å². The molecule has 2 rings (SSSR count). The Bertz CT molecular complexity index is 645. The lowest BCUT2D eigenvalue weighted by Gasteiger charge is -2.36. The average Bonchev–Trinajstić information content (AvgIpc) is 3.12. The highest BCUT2D eigenvalue weighted by atomic mass is 16.5. The first-order chi connectivity index (χ1) is 12.5. The fourth-order valence-electron chi connectivity index (χ4n) is 3.15. The summed E-state index contributed by atoms with van der Waals surface area (Å²) in [7, 11) is 0. The summed E-state index contributed by atoms with van der Waals surface area (Å²) in [5.41, 5.74) is 1.24. The molecule has 142 valence electrons. The SMILES string of the molecule is C=CCOC(C(CCc1ccc(OCC)cc1)n1cncn1)C(C)(C)C. The van der Waals surface area contributed by atoms with Crippen LogP contribution in [0.4, 0.5) is 0 Å². The van der Waals surface area contributed by atoms with E-state index in [0.29, 0.717) is 13.2 Å². The van der Waals surface area contributed by atoms with E-state index in [2.05, 4.69) is 49.6 Å². The van der Waals surface area contributed by atoms with Crippen molar-refractivity contribution >= 4 is 0 Å². The lowest BCUT2D eigenvalue weighted by atomic mass is 9.82. The predicted octanol–water partition coefficient (Wildman–Crippen LogP) is 4.47. The Hall–Kier alpha value is -2.14. The van der Waals surface area contributed by atoms with Crippen LogP contribution in [0.1, 0.15) is 45.7 Å². The highest BCUT2D eigenvalue weighted by Crippen LogP contribution is 2.33. The molecule has 0 saturated heterocycles. The highest BCUT2D eigenvalue weighted by molar-refractivity contribution is 5.27. The van der Waals surface area contributed by atoms with Crippen molar-refractivity contribution in [2.45, 2.75) is 52.7 Å². The van der Waals surface area contributed by atoms with Crippen LogP contribution in [0.3, 0.4) is 0 Å². The molecule has 0 N–H and O–H groups in total. The second kappa shape index (κ2) is 9.53. The van der Waals surface area contributed by atoms with E-state index < -0.39 is 0 Å². The maximum absolute atomic E-state index is 6.15. The Morgan fingerprint density at radius 1 is 1.23 bits per heavy atom. The van der Waals surface area contributed by atoms with E-state index in [1.165, 1.54) is 5.56 Å². The Balaban J connectivity index is 2.15. The normalized spacial score (nSPS) is 14.0. The number of ether oxygens (including phenoxy) is 2. The van der Waals surface area contributed by atoms with Gasteiger partial charge < -0.3 is 9.47 Å². The zero-order valence-electron chi connectivity index (χ0n) is 16.4. The third-order valence-corrected chi connectivity index (χ3v) is 4.34. The van der Waals surface area contributed by atoms with Crippen LogP contribution in [0.5, 0.6) is 5.75 Å². The molecule has 0 fully saturated rings. The van der Waals surface area contributed by atoms with Gasteiger partial charge in [-0.2, -0.15) is 5.10 Å². The monoisotopic (exact) mass is 357 g/mol. The molecule has 2 unspecified atom stereocenters. The van der Waals surface area contributed by atoms with E-state index in [1.54, 1.807) is 18.7 Å². The molecule has 2 atom stereocenters. The van der Waals surface area contributed by atoms with Crippen molar-refractivity contribution in [2.24, 2.45) is 5.41 Å². The van der Waals surface area contributed by atoms with Gasteiger partial charge in [0.15, 0.2) is 0 Å².